The van der Waals surface area contributed by atoms with Gasteiger partial charge in [-0.15, -0.1) is 0 Å². The van der Waals surface area contributed by atoms with E-state index in [2.05, 4.69) is 23.3 Å². The molecule has 0 amide bonds. The van der Waals surface area contributed by atoms with E-state index in [-0.39, 0.29) is 0 Å². The van der Waals surface area contributed by atoms with Gasteiger partial charge in [0.1, 0.15) is 0 Å². The van der Waals surface area contributed by atoms with Crippen LogP contribution in [0.2, 0.25) is 0 Å². The van der Waals surface area contributed by atoms with E-state index < -0.39 is 0 Å². The fourth-order valence-corrected chi connectivity index (χ4v) is 1.35. The van der Waals surface area contributed by atoms with Gasteiger partial charge >= 0.3 is 0 Å². The van der Waals surface area contributed by atoms with Crippen molar-refractivity contribution in [3.63, 3.8) is 0 Å². The van der Waals surface area contributed by atoms with E-state index in [9.17, 15) is 0 Å². The van der Waals surface area contributed by atoms with E-state index in [4.69, 9.17) is 11.9 Å². The summed E-state index contributed by atoms with van der Waals surface area (Å²) in [6.07, 6.45) is 1.42. The van der Waals surface area contributed by atoms with E-state index in [0.29, 0.717) is 6.17 Å². The monoisotopic (exact) mass is 164 g/mol. The van der Waals surface area contributed by atoms with Crippen LogP contribution in [-0.4, -0.2) is 36.3 Å². The van der Waals surface area contributed by atoms with Crippen molar-refractivity contribution < 1.29 is 4.39 Å². The van der Waals surface area contributed by atoms with Gasteiger partial charge in [0.15, 0.2) is 0 Å². The third-order valence-corrected chi connectivity index (χ3v) is 2.21. The smallest absolute Gasteiger partial charge is 0.0854 e. The fourth-order valence-electron chi connectivity index (χ4n) is 1.16. The zero-order chi connectivity index (χ0) is 7.56. The maximum atomic E-state index is 5.24. The standard InChI is InChI=1S/C6H13ClN2O/c1-6-8(2)4-3-5-9(6)10-7/h6H,3-5H2,1-2H3. The molecule has 4 heteroatoms. The molecule has 0 aromatic rings. The third-order valence-electron chi connectivity index (χ3n) is 2.03. The Morgan fingerprint density at radius 2 is 2.20 bits per heavy atom. The molecular formula is C6H13ClN2O. The summed E-state index contributed by atoms with van der Waals surface area (Å²) in [6, 6.07) is 0. The molecule has 1 atom stereocenters. The summed E-state index contributed by atoms with van der Waals surface area (Å²) < 4.78 is 4.64. The summed E-state index contributed by atoms with van der Waals surface area (Å²) in [5, 5.41) is 1.77. The first kappa shape index (κ1) is 8.27. The van der Waals surface area contributed by atoms with Crippen molar-refractivity contribution in [3.8, 4) is 0 Å². The first-order valence-corrected chi connectivity index (χ1v) is 3.82. The van der Waals surface area contributed by atoms with Gasteiger partial charge in [-0.25, -0.2) is 0 Å². The van der Waals surface area contributed by atoms with Crippen LogP contribution in [0, 0.1) is 0 Å². The van der Waals surface area contributed by atoms with Gasteiger partial charge < -0.3 is 0 Å². The molecule has 1 unspecified atom stereocenters. The van der Waals surface area contributed by atoms with Gasteiger partial charge in [-0.05, 0) is 20.4 Å². The SMILES string of the molecule is CC1N(C)CCCN1OCl. The van der Waals surface area contributed by atoms with E-state index in [1.54, 1.807) is 5.06 Å². The summed E-state index contributed by atoms with van der Waals surface area (Å²) >= 11 is 5.24. The van der Waals surface area contributed by atoms with Crippen LogP contribution in [0.4, 0.5) is 0 Å². The molecule has 10 heavy (non-hydrogen) atoms. The highest BCUT2D eigenvalue weighted by Crippen LogP contribution is 2.12. The van der Waals surface area contributed by atoms with Gasteiger partial charge in [0.2, 0.25) is 0 Å². The lowest BCUT2D eigenvalue weighted by atomic mass is 10.3. The molecule has 0 bridgehead atoms. The molecule has 1 aliphatic heterocycles. The van der Waals surface area contributed by atoms with Crippen molar-refractivity contribution in [1.29, 1.82) is 0 Å². The quantitative estimate of drug-likeness (QED) is 0.577. The lowest BCUT2D eigenvalue weighted by Crippen LogP contribution is -2.48. The number of hydrogen-bond donors (Lipinski definition) is 0. The summed E-state index contributed by atoms with van der Waals surface area (Å²) in [6.45, 7) is 4.12. The zero-order valence-corrected chi connectivity index (χ0v) is 7.14. The van der Waals surface area contributed by atoms with E-state index in [1.165, 1.54) is 0 Å². The first-order chi connectivity index (χ1) is 4.75. The maximum absolute atomic E-state index is 5.24. The fraction of sp³-hybridized carbons (Fsp3) is 1.00. The molecule has 1 aliphatic rings. The van der Waals surface area contributed by atoms with Crippen LogP contribution in [0.3, 0.4) is 0 Å². The summed E-state index contributed by atoms with van der Waals surface area (Å²) in [5.74, 6) is 0. The highest BCUT2D eigenvalue weighted by Gasteiger charge is 2.22. The number of hydroxylamine groups is 2. The van der Waals surface area contributed by atoms with Crippen molar-refractivity contribution >= 4 is 11.9 Å². The lowest BCUT2D eigenvalue weighted by Gasteiger charge is -2.36. The highest BCUT2D eigenvalue weighted by molar-refractivity contribution is 6.07. The first-order valence-electron chi connectivity index (χ1n) is 3.51. The van der Waals surface area contributed by atoms with Gasteiger partial charge in [-0.3, -0.25) is 4.90 Å². The molecule has 0 saturated carbocycles. The topological polar surface area (TPSA) is 15.7 Å². The average molecular weight is 165 g/mol. The minimum absolute atomic E-state index is 0.297. The number of nitrogens with zero attached hydrogens (tertiary/aromatic N) is 2. The molecule has 0 N–H and O–H groups in total. The molecule has 60 valence electrons. The highest BCUT2D eigenvalue weighted by atomic mass is 35.5. The van der Waals surface area contributed by atoms with Crippen LogP contribution in [0.5, 0.6) is 0 Å². The van der Waals surface area contributed by atoms with Crippen molar-refractivity contribution in [2.75, 3.05) is 20.1 Å². The molecule has 1 heterocycles. The molecule has 0 aromatic heterocycles. The predicted octanol–water partition coefficient (Wildman–Crippen LogP) is 1.06. The summed E-state index contributed by atoms with van der Waals surface area (Å²) in [7, 11) is 2.06. The van der Waals surface area contributed by atoms with Gasteiger partial charge in [-0.1, -0.05) is 0 Å². The Kier molecular flexibility index (Phi) is 2.92. The van der Waals surface area contributed by atoms with Crippen LogP contribution in [0.1, 0.15) is 13.3 Å². The minimum Gasteiger partial charge on any atom is -0.289 e. The van der Waals surface area contributed by atoms with Crippen LogP contribution < -0.4 is 0 Å². The van der Waals surface area contributed by atoms with Gasteiger partial charge in [-0.2, -0.15) is 9.45 Å². The van der Waals surface area contributed by atoms with Crippen molar-refractivity contribution in [1.82, 2.24) is 9.96 Å². The van der Waals surface area contributed by atoms with Gasteiger partial charge in [0.25, 0.3) is 0 Å². The normalized spacial score (nSPS) is 30.9. The second kappa shape index (κ2) is 3.53. The molecule has 1 fully saturated rings. The minimum atomic E-state index is 0.297. The van der Waals surface area contributed by atoms with Gasteiger partial charge in [0.05, 0.1) is 18.0 Å². The Hall–Kier alpha value is 0.170. The Morgan fingerprint density at radius 3 is 2.70 bits per heavy atom. The molecule has 0 aliphatic carbocycles. The summed E-state index contributed by atoms with van der Waals surface area (Å²) in [5.41, 5.74) is 0. The molecule has 1 saturated heterocycles. The van der Waals surface area contributed by atoms with Crippen molar-refractivity contribution in [2.45, 2.75) is 19.5 Å². The van der Waals surface area contributed by atoms with Crippen LogP contribution in [0.25, 0.3) is 0 Å². The molecule has 0 spiro atoms. The summed E-state index contributed by atoms with van der Waals surface area (Å²) in [4.78, 5) is 2.20. The zero-order valence-electron chi connectivity index (χ0n) is 6.38. The predicted molar refractivity (Wildman–Crippen MR) is 40.4 cm³/mol. The van der Waals surface area contributed by atoms with Crippen molar-refractivity contribution in [3.05, 3.63) is 0 Å². The Balaban J connectivity index is 2.42. The average Bonchev–Trinajstić information content (AvgIpc) is 1.95. The van der Waals surface area contributed by atoms with Crippen LogP contribution in [-0.2, 0) is 4.39 Å². The molecule has 0 radical (unpaired) electrons. The number of rotatable bonds is 1. The number of hydrogen-bond acceptors (Lipinski definition) is 3. The van der Waals surface area contributed by atoms with E-state index in [0.717, 1.165) is 19.5 Å². The third kappa shape index (κ3) is 1.61. The van der Waals surface area contributed by atoms with Crippen LogP contribution >= 0.6 is 11.9 Å². The molecule has 1 rings (SSSR count). The molecular weight excluding hydrogens is 152 g/mol. The molecule has 0 aromatic carbocycles. The second-order valence-electron chi connectivity index (χ2n) is 2.68. The second-order valence-corrected chi connectivity index (χ2v) is 2.81. The van der Waals surface area contributed by atoms with Crippen molar-refractivity contribution in [2.24, 2.45) is 0 Å². The Labute approximate surface area is 66.6 Å². The Morgan fingerprint density at radius 1 is 1.50 bits per heavy atom. The van der Waals surface area contributed by atoms with E-state index in [1.807, 2.05) is 0 Å². The largest absolute Gasteiger partial charge is 0.289 e. The Bertz CT molecular complexity index is 112. The maximum Gasteiger partial charge on any atom is 0.0854 e. The lowest BCUT2D eigenvalue weighted by molar-refractivity contribution is -0.150. The van der Waals surface area contributed by atoms with Crippen LogP contribution in [0.15, 0.2) is 0 Å². The van der Waals surface area contributed by atoms with Gasteiger partial charge in [0, 0.05) is 13.1 Å². The van der Waals surface area contributed by atoms with E-state index >= 15 is 0 Å². The number of halogens is 1. The molecule has 3 nitrogen and oxygen atoms in total.